The first-order chi connectivity index (χ1) is 7.72. The van der Waals surface area contributed by atoms with Gasteiger partial charge in [0.25, 0.3) is 0 Å². The van der Waals surface area contributed by atoms with E-state index in [0.29, 0.717) is 5.25 Å². The van der Waals surface area contributed by atoms with Gasteiger partial charge in [0.1, 0.15) is 11.6 Å². The lowest BCUT2D eigenvalue weighted by Gasteiger charge is -2.13. The van der Waals surface area contributed by atoms with Crippen LogP contribution >= 0.6 is 27.7 Å². The lowest BCUT2D eigenvalue weighted by molar-refractivity contribution is 0.770. The molecule has 3 nitrogen and oxygen atoms in total. The van der Waals surface area contributed by atoms with Crippen molar-refractivity contribution in [3.8, 4) is 0 Å². The first-order valence-electron chi connectivity index (χ1n) is 5.62. The molecular formula is C11H16BrN3S. The molecule has 1 atom stereocenters. The molecular weight excluding hydrogens is 286 g/mol. The van der Waals surface area contributed by atoms with Crippen molar-refractivity contribution in [1.29, 1.82) is 0 Å². The van der Waals surface area contributed by atoms with Crippen molar-refractivity contribution in [1.82, 2.24) is 9.97 Å². The molecule has 1 saturated heterocycles. The average Bonchev–Trinajstić information content (AvgIpc) is 2.78. The molecule has 1 aliphatic heterocycles. The molecule has 0 amide bonds. The Balaban J connectivity index is 2.31. The molecule has 0 bridgehead atoms. The highest BCUT2D eigenvalue weighted by atomic mass is 79.9. The Morgan fingerprint density at radius 1 is 1.50 bits per heavy atom. The number of nitrogens with one attached hydrogen (secondary N) is 1. The fourth-order valence-electron chi connectivity index (χ4n) is 1.79. The minimum absolute atomic E-state index is 0.490. The van der Waals surface area contributed by atoms with Gasteiger partial charge in [-0.05, 0) is 48.4 Å². The fraction of sp³-hybridized carbons (Fsp3) is 0.636. The minimum atomic E-state index is 0.490. The summed E-state index contributed by atoms with van der Waals surface area (Å²) in [4.78, 5) is 9.19. The third-order valence-corrected chi connectivity index (χ3v) is 4.92. The van der Waals surface area contributed by atoms with Crippen LogP contribution in [-0.4, -0.2) is 22.3 Å². The molecule has 0 aromatic carbocycles. The number of rotatable bonds is 3. The van der Waals surface area contributed by atoms with E-state index >= 15 is 0 Å². The van der Waals surface area contributed by atoms with Crippen molar-refractivity contribution in [2.24, 2.45) is 0 Å². The van der Waals surface area contributed by atoms with E-state index in [4.69, 9.17) is 0 Å². The zero-order chi connectivity index (χ0) is 11.5. The summed E-state index contributed by atoms with van der Waals surface area (Å²) < 4.78 is 0.987. The van der Waals surface area contributed by atoms with Gasteiger partial charge in [-0.25, -0.2) is 9.97 Å². The van der Waals surface area contributed by atoms with Gasteiger partial charge in [0.05, 0.1) is 15.4 Å². The molecule has 1 fully saturated rings. The summed E-state index contributed by atoms with van der Waals surface area (Å²) in [6.07, 6.45) is 2.49. The van der Waals surface area contributed by atoms with Gasteiger partial charge in [-0.2, -0.15) is 11.8 Å². The van der Waals surface area contributed by atoms with Crippen LogP contribution in [-0.2, 0) is 0 Å². The van der Waals surface area contributed by atoms with Crippen molar-refractivity contribution in [2.45, 2.75) is 31.9 Å². The van der Waals surface area contributed by atoms with E-state index in [1.54, 1.807) is 0 Å². The van der Waals surface area contributed by atoms with Crippen molar-refractivity contribution in [3.05, 3.63) is 16.0 Å². The molecule has 0 radical (unpaired) electrons. The molecule has 1 aromatic rings. The molecule has 2 heterocycles. The third kappa shape index (κ3) is 2.51. The van der Waals surface area contributed by atoms with E-state index in [-0.39, 0.29) is 0 Å². The number of aromatic nitrogens is 2. The predicted molar refractivity (Wildman–Crippen MR) is 73.1 cm³/mol. The number of anilines is 1. The van der Waals surface area contributed by atoms with Crippen LogP contribution in [0.1, 0.15) is 36.5 Å². The largest absolute Gasteiger partial charge is 0.369 e. The number of nitrogens with zero attached hydrogens (tertiary/aromatic N) is 2. The van der Waals surface area contributed by atoms with Gasteiger partial charge < -0.3 is 5.32 Å². The second kappa shape index (κ2) is 5.36. The lowest BCUT2D eigenvalue weighted by Crippen LogP contribution is -2.07. The van der Waals surface area contributed by atoms with Crippen LogP contribution in [0.3, 0.4) is 0 Å². The Hall–Kier alpha value is -0.290. The molecule has 1 N–H and O–H groups in total. The molecule has 2 rings (SSSR count). The maximum absolute atomic E-state index is 4.61. The SMILES string of the molecule is CCNc1nc(C2CCCS2)nc(C)c1Br. The Kier molecular flexibility index (Phi) is 4.08. The van der Waals surface area contributed by atoms with Crippen molar-refractivity contribution in [2.75, 3.05) is 17.6 Å². The standard InChI is InChI=1S/C11H16BrN3S/c1-3-13-11-9(12)7(2)14-10(15-11)8-5-4-6-16-8/h8H,3-6H2,1-2H3,(H,13,14,15). The number of thioether (sulfide) groups is 1. The summed E-state index contributed by atoms with van der Waals surface area (Å²) >= 11 is 5.50. The predicted octanol–water partition coefficient (Wildman–Crippen LogP) is 3.55. The summed E-state index contributed by atoms with van der Waals surface area (Å²) in [5.41, 5.74) is 1.02. The normalized spacial score (nSPS) is 20.1. The highest BCUT2D eigenvalue weighted by Gasteiger charge is 2.22. The Labute approximate surface area is 109 Å². The maximum Gasteiger partial charge on any atom is 0.144 e. The highest BCUT2D eigenvalue weighted by Crippen LogP contribution is 2.39. The Morgan fingerprint density at radius 3 is 2.94 bits per heavy atom. The zero-order valence-electron chi connectivity index (χ0n) is 9.59. The van der Waals surface area contributed by atoms with Gasteiger partial charge in [-0.1, -0.05) is 0 Å². The number of aryl methyl sites for hydroxylation is 1. The topological polar surface area (TPSA) is 37.8 Å². The molecule has 0 aliphatic carbocycles. The van der Waals surface area contributed by atoms with Crippen LogP contribution < -0.4 is 5.32 Å². The molecule has 16 heavy (non-hydrogen) atoms. The second-order valence-electron chi connectivity index (χ2n) is 3.86. The summed E-state index contributed by atoms with van der Waals surface area (Å²) in [6, 6.07) is 0. The molecule has 88 valence electrons. The summed E-state index contributed by atoms with van der Waals surface area (Å²) in [7, 11) is 0. The summed E-state index contributed by atoms with van der Waals surface area (Å²) in [5, 5.41) is 3.76. The molecule has 0 saturated carbocycles. The monoisotopic (exact) mass is 301 g/mol. The zero-order valence-corrected chi connectivity index (χ0v) is 12.0. The third-order valence-electron chi connectivity index (χ3n) is 2.60. The van der Waals surface area contributed by atoms with Gasteiger partial charge >= 0.3 is 0 Å². The Morgan fingerprint density at radius 2 is 2.31 bits per heavy atom. The molecule has 1 aliphatic rings. The van der Waals surface area contributed by atoms with Gasteiger partial charge in [-0.3, -0.25) is 0 Å². The number of halogens is 1. The van der Waals surface area contributed by atoms with Gasteiger partial charge in [0.2, 0.25) is 0 Å². The quantitative estimate of drug-likeness (QED) is 0.926. The van der Waals surface area contributed by atoms with Crippen LogP contribution in [0.4, 0.5) is 5.82 Å². The van der Waals surface area contributed by atoms with Crippen LogP contribution in [0.15, 0.2) is 4.47 Å². The van der Waals surface area contributed by atoms with E-state index < -0.39 is 0 Å². The van der Waals surface area contributed by atoms with Crippen LogP contribution in [0, 0.1) is 6.92 Å². The van der Waals surface area contributed by atoms with E-state index in [1.807, 2.05) is 18.7 Å². The molecule has 5 heteroatoms. The van der Waals surface area contributed by atoms with Crippen LogP contribution in [0.25, 0.3) is 0 Å². The van der Waals surface area contributed by atoms with Crippen molar-refractivity contribution in [3.63, 3.8) is 0 Å². The average molecular weight is 302 g/mol. The van der Waals surface area contributed by atoms with Crippen molar-refractivity contribution >= 4 is 33.5 Å². The minimum Gasteiger partial charge on any atom is -0.369 e. The number of hydrogen-bond acceptors (Lipinski definition) is 4. The van der Waals surface area contributed by atoms with Gasteiger partial charge in [0, 0.05) is 6.54 Å². The van der Waals surface area contributed by atoms with Crippen LogP contribution in [0.5, 0.6) is 0 Å². The molecule has 0 spiro atoms. The fourth-order valence-corrected chi connectivity index (χ4v) is 3.31. The van der Waals surface area contributed by atoms with Gasteiger partial charge in [-0.15, -0.1) is 0 Å². The second-order valence-corrected chi connectivity index (χ2v) is 5.97. The summed E-state index contributed by atoms with van der Waals surface area (Å²) in [6.45, 7) is 4.98. The van der Waals surface area contributed by atoms with E-state index in [0.717, 1.165) is 28.4 Å². The lowest BCUT2D eigenvalue weighted by atomic mass is 10.2. The van der Waals surface area contributed by atoms with Crippen LogP contribution in [0.2, 0.25) is 0 Å². The molecule has 1 aromatic heterocycles. The van der Waals surface area contributed by atoms with Crippen molar-refractivity contribution < 1.29 is 0 Å². The summed E-state index contributed by atoms with van der Waals surface area (Å²) in [5.74, 6) is 3.15. The first-order valence-corrected chi connectivity index (χ1v) is 7.46. The van der Waals surface area contributed by atoms with E-state index in [9.17, 15) is 0 Å². The molecule has 1 unspecified atom stereocenters. The number of hydrogen-bond donors (Lipinski definition) is 1. The highest BCUT2D eigenvalue weighted by molar-refractivity contribution is 9.10. The Bertz CT molecular complexity index is 378. The van der Waals surface area contributed by atoms with E-state index in [1.165, 1.54) is 18.6 Å². The maximum atomic E-state index is 4.61. The first kappa shape index (κ1) is 12.2. The smallest absolute Gasteiger partial charge is 0.144 e. The van der Waals surface area contributed by atoms with E-state index in [2.05, 4.69) is 38.1 Å². The van der Waals surface area contributed by atoms with Gasteiger partial charge in [0.15, 0.2) is 0 Å².